The van der Waals surface area contributed by atoms with Gasteiger partial charge in [-0.05, 0) is 35.9 Å². The maximum atomic E-state index is 13.3. The lowest BCUT2D eigenvalue weighted by Gasteiger charge is -2.17. The van der Waals surface area contributed by atoms with Crippen molar-refractivity contribution in [2.75, 3.05) is 11.9 Å². The quantitative estimate of drug-likeness (QED) is 0.744. The lowest BCUT2D eigenvalue weighted by molar-refractivity contribution is 0.628. The van der Waals surface area contributed by atoms with Gasteiger partial charge in [0.15, 0.2) is 0 Å². The van der Waals surface area contributed by atoms with Gasteiger partial charge in [0, 0.05) is 25.1 Å². The van der Waals surface area contributed by atoms with Crippen molar-refractivity contribution in [2.24, 2.45) is 0 Å². The minimum Gasteiger partial charge on any atom is -0.313 e. The molecule has 21 heavy (non-hydrogen) atoms. The number of anilines is 2. The van der Waals surface area contributed by atoms with Crippen molar-refractivity contribution in [1.82, 2.24) is 24.7 Å². The summed E-state index contributed by atoms with van der Waals surface area (Å²) in [6.07, 6.45) is 3.30. The molecule has 2 heterocycles. The van der Waals surface area contributed by atoms with Crippen molar-refractivity contribution in [2.45, 2.75) is 0 Å². The van der Waals surface area contributed by atoms with Gasteiger partial charge in [-0.25, -0.2) is 9.07 Å². The summed E-state index contributed by atoms with van der Waals surface area (Å²) in [5, 5.41) is 4.08. The Morgan fingerprint density at radius 2 is 2.05 bits per heavy atom. The summed E-state index contributed by atoms with van der Waals surface area (Å²) >= 11 is 5.93. The lowest BCUT2D eigenvalue weighted by Crippen LogP contribution is -2.16. The van der Waals surface area contributed by atoms with Crippen LogP contribution in [0.3, 0.4) is 0 Å². The molecule has 0 aliphatic carbocycles. The van der Waals surface area contributed by atoms with Crippen molar-refractivity contribution in [1.29, 1.82) is 0 Å². The van der Waals surface area contributed by atoms with E-state index < -0.39 is 0 Å². The van der Waals surface area contributed by atoms with Crippen LogP contribution in [-0.4, -0.2) is 31.8 Å². The van der Waals surface area contributed by atoms with Gasteiger partial charge in [0.1, 0.15) is 5.82 Å². The van der Waals surface area contributed by atoms with E-state index in [0.29, 0.717) is 17.6 Å². The van der Waals surface area contributed by atoms with E-state index in [1.165, 1.54) is 16.8 Å². The normalized spacial score (nSPS) is 10.6. The highest BCUT2D eigenvalue weighted by Gasteiger charge is 2.12. The SMILES string of the molecule is CN(c1cccc(F)c1)c1nc(Cl)nc(-n2cccn2)n1. The van der Waals surface area contributed by atoms with E-state index in [4.69, 9.17) is 11.6 Å². The molecule has 0 atom stereocenters. The fraction of sp³-hybridized carbons (Fsp3) is 0.0769. The van der Waals surface area contributed by atoms with Gasteiger partial charge in [-0.3, -0.25) is 0 Å². The molecule has 0 unspecified atom stereocenters. The second-order valence-corrected chi connectivity index (χ2v) is 4.53. The fourth-order valence-corrected chi connectivity index (χ4v) is 1.92. The van der Waals surface area contributed by atoms with Gasteiger partial charge < -0.3 is 4.90 Å². The standard InChI is InChI=1S/C13H10ClFN6/c1-20(10-5-2-4-9(15)8-10)12-17-11(14)18-13(19-12)21-7-3-6-16-21/h2-8H,1H3. The van der Waals surface area contributed by atoms with Crippen molar-refractivity contribution in [3.8, 4) is 5.95 Å². The minimum atomic E-state index is -0.341. The van der Waals surface area contributed by atoms with Gasteiger partial charge in [-0.1, -0.05) is 6.07 Å². The molecule has 2 aromatic heterocycles. The van der Waals surface area contributed by atoms with E-state index in [0.717, 1.165) is 0 Å². The average Bonchev–Trinajstić information content (AvgIpc) is 3.00. The van der Waals surface area contributed by atoms with Crippen LogP contribution < -0.4 is 4.90 Å². The monoisotopic (exact) mass is 304 g/mol. The van der Waals surface area contributed by atoms with Gasteiger partial charge in [-0.15, -0.1) is 0 Å². The summed E-state index contributed by atoms with van der Waals surface area (Å²) in [4.78, 5) is 14.0. The third-order valence-electron chi connectivity index (χ3n) is 2.79. The first-order chi connectivity index (χ1) is 10.1. The smallest absolute Gasteiger partial charge is 0.256 e. The molecule has 0 saturated carbocycles. The van der Waals surface area contributed by atoms with Crippen molar-refractivity contribution >= 4 is 23.2 Å². The van der Waals surface area contributed by atoms with Crippen LogP contribution in [0.2, 0.25) is 5.28 Å². The number of aromatic nitrogens is 5. The molecule has 0 radical (unpaired) electrons. The van der Waals surface area contributed by atoms with Crippen molar-refractivity contribution < 1.29 is 4.39 Å². The number of hydrogen-bond acceptors (Lipinski definition) is 5. The van der Waals surface area contributed by atoms with Crippen molar-refractivity contribution in [3.05, 3.63) is 53.8 Å². The number of benzene rings is 1. The zero-order chi connectivity index (χ0) is 14.8. The molecule has 3 aromatic rings. The summed E-state index contributed by atoms with van der Waals surface area (Å²) in [7, 11) is 1.72. The minimum absolute atomic E-state index is 0.0359. The molecule has 0 saturated heterocycles. The topological polar surface area (TPSA) is 59.7 Å². The predicted molar refractivity (Wildman–Crippen MR) is 76.4 cm³/mol. The van der Waals surface area contributed by atoms with E-state index in [2.05, 4.69) is 20.1 Å². The molecule has 1 aromatic carbocycles. The van der Waals surface area contributed by atoms with Gasteiger partial charge >= 0.3 is 0 Å². The number of rotatable bonds is 3. The number of nitrogens with zero attached hydrogens (tertiary/aromatic N) is 6. The van der Waals surface area contributed by atoms with Crippen LogP contribution in [0.1, 0.15) is 0 Å². The van der Waals surface area contributed by atoms with Gasteiger partial charge in [0.05, 0.1) is 0 Å². The van der Waals surface area contributed by atoms with Crippen LogP contribution in [-0.2, 0) is 0 Å². The molecular weight excluding hydrogens is 295 g/mol. The highest BCUT2D eigenvalue weighted by Crippen LogP contribution is 2.22. The highest BCUT2D eigenvalue weighted by atomic mass is 35.5. The van der Waals surface area contributed by atoms with Crippen LogP contribution in [0.25, 0.3) is 5.95 Å². The summed E-state index contributed by atoms with van der Waals surface area (Å²) < 4.78 is 14.8. The predicted octanol–water partition coefficient (Wildman–Crippen LogP) is 2.62. The first kappa shape index (κ1) is 13.4. The van der Waals surface area contributed by atoms with E-state index in [-0.39, 0.29) is 11.1 Å². The lowest BCUT2D eigenvalue weighted by atomic mass is 10.3. The Morgan fingerprint density at radius 3 is 2.76 bits per heavy atom. The Bertz CT molecular complexity index is 761. The first-order valence-corrected chi connectivity index (χ1v) is 6.42. The van der Waals surface area contributed by atoms with Gasteiger partial charge in [0.25, 0.3) is 5.95 Å². The van der Waals surface area contributed by atoms with E-state index >= 15 is 0 Å². The summed E-state index contributed by atoms with van der Waals surface area (Å²) in [6.45, 7) is 0. The van der Waals surface area contributed by atoms with Crippen LogP contribution in [0.5, 0.6) is 0 Å². The molecule has 0 aliphatic heterocycles. The van der Waals surface area contributed by atoms with Gasteiger partial charge in [-0.2, -0.15) is 20.1 Å². The van der Waals surface area contributed by atoms with Crippen LogP contribution in [0.15, 0.2) is 42.7 Å². The first-order valence-electron chi connectivity index (χ1n) is 6.04. The Kier molecular flexibility index (Phi) is 3.49. The van der Waals surface area contributed by atoms with Crippen molar-refractivity contribution in [3.63, 3.8) is 0 Å². The molecule has 0 bridgehead atoms. The maximum absolute atomic E-state index is 13.3. The third-order valence-corrected chi connectivity index (χ3v) is 2.96. The molecule has 8 heteroatoms. The van der Waals surface area contributed by atoms with Crippen LogP contribution in [0.4, 0.5) is 16.0 Å². The van der Waals surface area contributed by atoms with E-state index in [9.17, 15) is 4.39 Å². The molecule has 6 nitrogen and oxygen atoms in total. The average molecular weight is 305 g/mol. The Labute approximate surface area is 124 Å². The van der Waals surface area contributed by atoms with Gasteiger partial charge in [0.2, 0.25) is 11.2 Å². The fourth-order valence-electron chi connectivity index (χ4n) is 1.77. The third kappa shape index (κ3) is 2.82. The molecular formula is C13H10ClFN6. The van der Waals surface area contributed by atoms with E-state index in [1.807, 2.05) is 0 Å². The summed E-state index contributed by atoms with van der Waals surface area (Å²) in [5.41, 5.74) is 0.601. The zero-order valence-corrected chi connectivity index (χ0v) is 11.7. The number of halogens is 2. The second kappa shape index (κ2) is 5.45. The maximum Gasteiger partial charge on any atom is 0.256 e. The van der Waals surface area contributed by atoms with Crippen LogP contribution >= 0.6 is 11.6 Å². The molecule has 3 rings (SSSR count). The van der Waals surface area contributed by atoms with E-state index in [1.54, 1.807) is 42.5 Å². The summed E-state index contributed by atoms with van der Waals surface area (Å²) in [5.74, 6) is 0.246. The zero-order valence-electron chi connectivity index (χ0n) is 11.0. The Hall–Kier alpha value is -2.54. The Morgan fingerprint density at radius 1 is 1.19 bits per heavy atom. The number of hydrogen-bond donors (Lipinski definition) is 0. The molecule has 0 N–H and O–H groups in total. The molecule has 0 aliphatic rings. The van der Waals surface area contributed by atoms with Crippen LogP contribution in [0, 0.1) is 5.82 Å². The molecule has 0 fully saturated rings. The summed E-state index contributed by atoms with van der Waals surface area (Å²) in [6, 6.07) is 7.85. The molecule has 0 spiro atoms. The molecule has 0 amide bonds. The largest absolute Gasteiger partial charge is 0.313 e. The second-order valence-electron chi connectivity index (χ2n) is 4.19. The highest BCUT2D eigenvalue weighted by molar-refractivity contribution is 6.28. The molecule has 106 valence electrons. The Balaban J connectivity index is 2.02.